The van der Waals surface area contributed by atoms with Crippen molar-refractivity contribution < 1.29 is 0 Å². The summed E-state index contributed by atoms with van der Waals surface area (Å²) in [5, 5.41) is 0. The van der Waals surface area contributed by atoms with E-state index < -0.39 is 0 Å². The van der Waals surface area contributed by atoms with Crippen LogP contribution in [0.15, 0.2) is 0 Å². The van der Waals surface area contributed by atoms with E-state index in [-0.39, 0.29) is 5.54 Å². The average Bonchev–Trinajstić information content (AvgIpc) is 1.98. The topological polar surface area (TPSA) is 26.0 Å². The molecule has 1 fully saturated rings. The van der Waals surface area contributed by atoms with E-state index in [9.17, 15) is 0 Å². The van der Waals surface area contributed by atoms with Crippen molar-refractivity contribution in [2.24, 2.45) is 17.1 Å². The van der Waals surface area contributed by atoms with Crippen molar-refractivity contribution in [3.63, 3.8) is 0 Å². The van der Waals surface area contributed by atoms with Crippen LogP contribution in [0.3, 0.4) is 0 Å². The highest BCUT2D eigenvalue weighted by Gasteiger charge is 2.51. The molecule has 2 N–H and O–H groups in total. The molecule has 0 unspecified atom stereocenters. The van der Waals surface area contributed by atoms with Gasteiger partial charge in [-0.05, 0) is 24.2 Å². The molecule has 0 bridgehead atoms. The summed E-state index contributed by atoms with van der Waals surface area (Å²) in [4.78, 5) is 0. The molecule has 1 aliphatic carbocycles. The van der Waals surface area contributed by atoms with Crippen LogP contribution in [0.25, 0.3) is 0 Å². The molecule has 0 aromatic heterocycles. The second-order valence-corrected chi connectivity index (χ2v) is 4.95. The van der Waals surface area contributed by atoms with E-state index >= 15 is 0 Å². The van der Waals surface area contributed by atoms with Crippen LogP contribution in [0.1, 0.15) is 53.4 Å². The highest BCUT2D eigenvalue weighted by molar-refractivity contribution is 5.07. The van der Waals surface area contributed by atoms with Gasteiger partial charge in [-0.2, -0.15) is 0 Å². The van der Waals surface area contributed by atoms with E-state index in [0.717, 1.165) is 0 Å². The van der Waals surface area contributed by atoms with Crippen LogP contribution in [-0.4, -0.2) is 5.54 Å². The SMILES string of the molecule is CCC1(CC)CC(N)(C(C)C)C1. The zero-order valence-electron chi connectivity index (χ0n) is 8.98. The van der Waals surface area contributed by atoms with Gasteiger partial charge in [0.1, 0.15) is 0 Å². The standard InChI is InChI=1S/C11H23N/c1-5-10(6-2)7-11(12,8-10)9(3)4/h9H,5-8,12H2,1-4H3. The van der Waals surface area contributed by atoms with Crippen LogP contribution in [-0.2, 0) is 0 Å². The third-order valence-corrected chi connectivity index (χ3v) is 4.06. The number of rotatable bonds is 3. The predicted molar refractivity (Wildman–Crippen MR) is 54.0 cm³/mol. The number of hydrogen-bond acceptors (Lipinski definition) is 1. The molecule has 0 atom stereocenters. The lowest BCUT2D eigenvalue weighted by molar-refractivity contribution is -0.00934. The van der Waals surface area contributed by atoms with Gasteiger partial charge in [-0.25, -0.2) is 0 Å². The average molecular weight is 169 g/mol. The molecule has 1 aliphatic rings. The minimum absolute atomic E-state index is 0.159. The Balaban J connectivity index is 2.54. The maximum atomic E-state index is 6.27. The summed E-state index contributed by atoms with van der Waals surface area (Å²) in [5.41, 5.74) is 7.03. The van der Waals surface area contributed by atoms with Crippen LogP contribution < -0.4 is 5.73 Å². The van der Waals surface area contributed by atoms with Crippen molar-refractivity contribution in [3.8, 4) is 0 Å². The Bertz CT molecular complexity index is 146. The number of hydrogen-bond donors (Lipinski definition) is 1. The fourth-order valence-electron chi connectivity index (χ4n) is 2.50. The Morgan fingerprint density at radius 2 is 1.58 bits per heavy atom. The fraction of sp³-hybridized carbons (Fsp3) is 1.00. The maximum absolute atomic E-state index is 6.27. The summed E-state index contributed by atoms with van der Waals surface area (Å²) in [5.74, 6) is 0.642. The summed E-state index contributed by atoms with van der Waals surface area (Å²) in [7, 11) is 0. The summed E-state index contributed by atoms with van der Waals surface area (Å²) < 4.78 is 0. The van der Waals surface area contributed by atoms with Crippen molar-refractivity contribution in [2.75, 3.05) is 0 Å². The lowest BCUT2D eigenvalue weighted by Crippen LogP contribution is -2.60. The summed E-state index contributed by atoms with van der Waals surface area (Å²) in [6.07, 6.45) is 5.08. The van der Waals surface area contributed by atoms with E-state index in [1.54, 1.807) is 0 Å². The molecular weight excluding hydrogens is 146 g/mol. The van der Waals surface area contributed by atoms with Crippen LogP contribution in [0.4, 0.5) is 0 Å². The predicted octanol–water partition coefficient (Wildman–Crippen LogP) is 2.94. The van der Waals surface area contributed by atoms with Crippen molar-refractivity contribution in [2.45, 2.75) is 58.9 Å². The van der Waals surface area contributed by atoms with Gasteiger partial charge in [-0.3, -0.25) is 0 Å². The third kappa shape index (κ3) is 1.39. The Labute approximate surface area is 76.7 Å². The first-order chi connectivity index (χ1) is 5.48. The molecule has 0 aliphatic heterocycles. The van der Waals surface area contributed by atoms with Gasteiger partial charge in [-0.1, -0.05) is 40.5 Å². The highest BCUT2D eigenvalue weighted by atomic mass is 14.8. The first-order valence-electron chi connectivity index (χ1n) is 5.27. The van der Waals surface area contributed by atoms with E-state index in [2.05, 4.69) is 27.7 Å². The summed E-state index contributed by atoms with van der Waals surface area (Å²) in [6.45, 7) is 9.08. The van der Waals surface area contributed by atoms with E-state index in [0.29, 0.717) is 11.3 Å². The van der Waals surface area contributed by atoms with E-state index in [1.807, 2.05) is 0 Å². The molecule has 0 aromatic carbocycles. The molecule has 0 radical (unpaired) electrons. The molecule has 72 valence electrons. The molecule has 0 amide bonds. The first kappa shape index (κ1) is 10.0. The summed E-state index contributed by atoms with van der Waals surface area (Å²) in [6, 6.07) is 0. The Morgan fingerprint density at radius 1 is 1.17 bits per heavy atom. The Hall–Kier alpha value is -0.0400. The van der Waals surface area contributed by atoms with Crippen LogP contribution >= 0.6 is 0 Å². The van der Waals surface area contributed by atoms with Crippen molar-refractivity contribution in [3.05, 3.63) is 0 Å². The fourth-order valence-corrected chi connectivity index (χ4v) is 2.50. The lowest BCUT2D eigenvalue weighted by Gasteiger charge is -2.56. The Morgan fingerprint density at radius 3 is 1.83 bits per heavy atom. The van der Waals surface area contributed by atoms with Gasteiger partial charge >= 0.3 is 0 Å². The van der Waals surface area contributed by atoms with E-state index in [1.165, 1.54) is 25.7 Å². The molecule has 1 saturated carbocycles. The van der Waals surface area contributed by atoms with Crippen LogP contribution in [0, 0.1) is 11.3 Å². The smallest absolute Gasteiger partial charge is 0.0188 e. The molecule has 0 aromatic rings. The molecule has 1 rings (SSSR count). The van der Waals surface area contributed by atoms with Crippen molar-refractivity contribution in [1.29, 1.82) is 0 Å². The zero-order valence-corrected chi connectivity index (χ0v) is 8.98. The normalized spacial score (nSPS) is 25.5. The molecule has 0 saturated heterocycles. The first-order valence-corrected chi connectivity index (χ1v) is 5.27. The van der Waals surface area contributed by atoms with Gasteiger partial charge in [-0.15, -0.1) is 0 Å². The molecule has 1 nitrogen and oxygen atoms in total. The van der Waals surface area contributed by atoms with Gasteiger partial charge < -0.3 is 5.73 Å². The number of nitrogens with two attached hydrogens (primary N) is 1. The van der Waals surface area contributed by atoms with Gasteiger partial charge in [0, 0.05) is 5.54 Å². The van der Waals surface area contributed by atoms with E-state index in [4.69, 9.17) is 5.73 Å². The maximum Gasteiger partial charge on any atom is 0.0188 e. The lowest BCUT2D eigenvalue weighted by atomic mass is 9.52. The van der Waals surface area contributed by atoms with Gasteiger partial charge in [0.25, 0.3) is 0 Å². The zero-order chi connectivity index (χ0) is 9.41. The van der Waals surface area contributed by atoms with Gasteiger partial charge in [0.05, 0.1) is 0 Å². The van der Waals surface area contributed by atoms with Crippen LogP contribution in [0.2, 0.25) is 0 Å². The van der Waals surface area contributed by atoms with Gasteiger partial charge in [0.15, 0.2) is 0 Å². The molecular formula is C11H23N. The molecule has 0 spiro atoms. The van der Waals surface area contributed by atoms with Crippen molar-refractivity contribution in [1.82, 2.24) is 0 Å². The Kier molecular flexibility index (Phi) is 2.53. The largest absolute Gasteiger partial charge is 0.325 e. The minimum Gasteiger partial charge on any atom is -0.325 e. The molecule has 12 heavy (non-hydrogen) atoms. The molecule has 0 heterocycles. The highest BCUT2D eigenvalue weighted by Crippen LogP contribution is 2.54. The second-order valence-electron chi connectivity index (χ2n) is 4.95. The van der Waals surface area contributed by atoms with Crippen LogP contribution in [0.5, 0.6) is 0 Å². The van der Waals surface area contributed by atoms with Gasteiger partial charge in [0.2, 0.25) is 0 Å². The van der Waals surface area contributed by atoms with Crippen molar-refractivity contribution >= 4 is 0 Å². The monoisotopic (exact) mass is 169 g/mol. The molecule has 1 heteroatoms. The second kappa shape index (κ2) is 3.02. The quantitative estimate of drug-likeness (QED) is 0.690. The minimum atomic E-state index is 0.159. The summed E-state index contributed by atoms with van der Waals surface area (Å²) >= 11 is 0. The third-order valence-electron chi connectivity index (χ3n) is 4.06.